The Morgan fingerprint density at radius 2 is 1.81 bits per heavy atom. The lowest BCUT2D eigenvalue weighted by Crippen LogP contribution is -2.01. The van der Waals surface area contributed by atoms with Crippen molar-refractivity contribution in [3.8, 4) is 0 Å². The molecule has 0 bridgehead atoms. The normalized spacial score (nSPS) is 10.7. The van der Waals surface area contributed by atoms with Crippen LogP contribution in [-0.2, 0) is 19.3 Å². The smallest absolute Gasteiger partial charge is 0.147 e. The molecule has 5 heteroatoms. The van der Waals surface area contributed by atoms with E-state index in [1.807, 2.05) is 11.6 Å². The van der Waals surface area contributed by atoms with Gasteiger partial charge in [-0.2, -0.15) is 0 Å². The molecule has 0 spiro atoms. The first kappa shape index (κ1) is 11.1. The van der Waals surface area contributed by atoms with E-state index in [0.29, 0.717) is 12.3 Å². The van der Waals surface area contributed by atoms with Gasteiger partial charge in [-0.1, -0.05) is 12.1 Å². The molecule has 3 nitrogen and oxygen atoms in total. The van der Waals surface area contributed by atoms with E-state index in [1.165, 1.54) is 12.1 Å². The van der Waals surface area contributed by atoms with E-state index in [0.717, 1.165) is 17.2 Å². The quantitative estimate of drug-likeness (QED) is 0.770. The van der Waals surface area contributed by atoms with Gasteiger partial charge in [-0.15, -0.1) is 21.8 Å². The summed E-state index contributed by atoms with van der Waals surface area (Å²) in [6, 6.07) is 6.36. The molecule has 0 radical (unpaired) electrons. The van der Waals surface area contributed by atoms with Crippen LogP contribution in [0.2, 0.25) is 0 Å². The van der Waals surface area contributed by atoms with E-state index in [2.05, 4.69) is 10.2 Å². The minimum atomic E-state index is -0.233. The third kappa shape index (κ3) is 2.22. The average molecular weight is 240 g/mol. The average Bonchev–Trinajstić information content (AvgIpc) is 2.63. The van der Waals surface area contributed by atoms with Crippen LogP contribution in [-0.4, -0.2) is 14.8 Å². The maximum absolute atomic E-state index is 12.7. The van der Waals surface area contributed by atoms with E-state index in [4.69, 9.17) is 11.6 Å². The Morgan fingerprint density at radius 1 is 1.19 bits per heavy atom. The minimum Gasteiger partial charge on any atom is -0.317 e. The zero-order valence-electron chi connectivity index (χ0n) is 8.82. The number of hydrogen-bond donors (Lipinski definition) is 0. The van der Waals surface area contributed by atoms with Crippen LogP contribution >= 0.6 is 11.6 Å². The van der Waals surface area contributed by atoms with Gasteiger partial charge in [0.25, 0.3) is 0 Å². The second-order valence-electron chi connectivity index (χ2n) is 3.53. The first-order chi connectivity index (χ1) is 7.70. The van der Waals surface area contributed by atoms with Gasteiger partial charge in [0.1, 0.15) is 17.5 Å². The molecule has 0 aliphatic carbocycles. The number of nitrogens with zero attached hydrogens (tertiary/aromatic N) is 3. The number of halogens is 2. The Bertz CT molecular complexity index is 478. The van der Waals surface area contributed by atoms with Gasteiger partial charge in [0.15, 0.2) is 0 Å². The van der Waals surface area contributed by atoms with Gasteiger partial charge < -0.3 is 4.57 Å². The molecule has 0 N–H and O–H groups in total. The number of aromatic nitrogens is 3. The fourth-order valence-corrected chi connectivity index (χ4v) is 1.69. The lowest BCUT2D eigenvalue weighted by molar-refractivity contribution is 0.627. The standard InChI is InChI=1S/C11H11ClFN3/c1-16-10(14-15-11(16)7-12)6-8-2-4-9(13)5-3-8/h2-5H,6-7H2,1H3. The van der Waals surface area contributed by atoms with Gasteiger partial charge in [0.2, 0.25) is 0 Å². The Labute approximate surface area is 97.9 Å². The maximum Gasteiger partial charge on any atom is 0.147 e. The van der Waals surface area contributed by atoms with Gasteiger partial charge in [-0.3, -0.25) is 0 Å². The van der Waals surface area contributed by atoms with Gasteiger partial charge in [-0.25, -0.2) is 4.39 Å². The lowest BCUT2D eigenvalue weighted by Gasteiger charge is -2.02. The van der Waals surface area contributed by atoms with Crippen LogP contribution in [0.15, 0.2) is 24.3 Å². The van der Waals surface area contributed by atoms with E-state index in [-0.39, 0.29) is 5.82 Å². The van der Waals surface area contributed by atoms with E-state index < -0.39 is 0 Å². The SMILES string of the molecule is Cn1c(CCl)nnc1Cc1ccc(F)cc1. The molecule has 2 aromatic rings. The predicted octanol–water partition coefficient (Wildman–Crippen LogP) is 2.28. The highest BCUT2D eigenvalue weighted by Gasteiger charge is 2.07. The van der Waals surface area contributed by atoms with Crippen LogP contribution in [0.1, 0.15) is 17.2 Å². The van der Waals surface area contributed by atoms with Crippen molar-refractivity contribution < 1.29 is 4.39 Å². The number of benzene rings is 1. The van der Waals surface area contributed by atoms with Crippen LogP contribution < -0.4 is 0 Å². The molecule has 0 saturated carbocycles. The van der Waals surface area contributed by atoms with Crippen molar-refractivity contribution in [1.29, 1.82) is 0 Å². The van der Waals surface area contributed by atoms with Gasteiger partial charge >= 0.3 is 0 Å². The van der Waals surface area contributed by atoms with Crippen LogP contribution in [0.4, 0.5) is 4.39 Å². The molecule has 0 saturated heterocycles. The molecule has 84 valence electrons. The summed E-state index contributed by atoms with van der Waals surface area (Å²) in [4.78, 5) is 0. The van der Waals surface area contributed by atoms with Crippen molar-refractivity contribution >= 4 is 11.6 Å². The molecule has 0 atom stereocenters. The van der Waals surface area contributed by atoms with Crippen molar-refractivity contribution in [3.05, 3.63) is 47.3 Å². The highest BCUT2D eigenvalue weighted by molar-refractivity contribution is 6.16. The Morgan fingerprint density at radius 3 is 2.38 bits per heavy atom. The number of rotatable bonds is 3. The lowest BCUT2D eigenvalue weighted by atomic mass is 10.1. The molecule has 0 unspecified atom stereocenters. The second-order valence-corrected chi connectivity index (χ2v) is 3.80. The van der Waals surface area contributed by atoms with Gasteiger partial charge in [0, 0.05) is 13.5 Å². The molecule has 0 aliphatic rings. The van der Waals surface area contributed by atoms with Crippen molar-refractivity contribution in [1.82, 2.24) is 14.8 Å². The second kappa shape index (κ2) is 4.61. The molecule has 1 heterocycles. The summed E-state index contributed by atoms with van der Waals surface area (Å²) in [5.74, 6) is 1.66. The van der Waals surface area contributed by atoms with Crippen LogP contribution in [0.5, 0.6) is 0 Å². The fraction of sp³-hybridized carbons (Fsp3) is 0.273. The Balaban J connectivity index is 2.20. The predicted molar refractivity (Wildman–Crippen MR) is 59.8 cm³/mol. The summed E-state index contributed by atoms with van der Waals surface area (Å²) in [6.45, 7) is 0. The van der Waals surface area contributed by atoms with E-state index >= 15 is 0 Å². The van der Waals surface area contributed by atoms with E-state index in [9.17, 15) is 4.39 Å². The molecule has 1 aromatic carbocycles. The largest absolute Gasteiger partial charge is 0.317 e. The molecule has 0 fully saturated rings. The molecule has 2 rings (SSSR count). The van der Waals surface area contributed by atoms with Crippen molar-refractivity contribution in [2.24, 2.45) is 7.05 Å². The van der Waals surface area contributed by atoms with Crippen molar-refractivity contribution in [2.75, 3.05) is 0 Å². The Kier molecular flexibility index (Phi) is 3.19. The zero-order chi connectivity index (χ0) is 11.5. The third-order valence-electron chi connectivity index (χ3n) is 2.45. The molecule has 16 heavy (non-hydrogen) atoms. The summed E-state index contributed by atoms with van der Waals surface area (Å²) in [7, 11) is 1.87. The number of hydrogen-bond acceptors (Lipinski definition) is 2. The summed E-state index contributed by atoms with van der Waals surface area (Å²) < 4.78 is 14.6. The monoisotopic (exact) mass is 239 g/mol. The van der Waals surface area contributed by atoms with Crippen molar-refractivity contribution in [2.45, 2.75) is 12.3 Å². The first-order valence-electron chi connectivity index (χ1n) is 4.88. The summed E-state index contributed by atoms with van der Waals surface area (Å²) in [6.07, 6.45) is 0.626. The molecule has 1 aromatic heterocycles. The minimum absolute atomic E-state index is 0.233. The Hall–Kier alpha value is -1.42. The first-order valence-corrected chi connectivity index (χ1v) is 5.41. The molecule has 0 amide bonds. The van der Waals surface area contributed by atoms with Crippen LogP contribution in [0.25, 0.3) is 0 Å². The fourth-order valence-electron chi connectivity index (χ4n) is 1.45. The number of alkyl halides is 1. The topological polar surface area (TPSA) is 30.7 Å². The third-order valence-corrected chi connectivity index (χ3v) is 2.69. The van der Waals surface area contributed by atoms with Crippen LogP contribution in [0.3, 0.4) is 0 Å². The highest BCUT2D eigenvalue weighted by Crippen LogP contribution is 2.10. The summed E-state index contributed by atoms with van der Waals surface area (Å²) >= 11 is 5.70. The molecule has 0 aliphatic heterocycles. The summed E-state index contributed by atoms with van der Waals surface area (Å²) in [5, 5.41) is 7.99. The summed E-state index contributed by atoms with van der Waals surface area (Å²) in [5.41, 5.74) is 0.998. The molecular formula is C11H11ClFN3. The highest BCUT2D eigenvalue weighted by atomic mass is 35.5. The maximum atomic E-state index is 12.7. The van der Waals surface area contributed by atoms with Gasteiger partial charge in [-0.05, 0) is 17.7 Å². The molecular weight excluding hydrogens is 229 g/mol. The zero-order valence-corrected chi connectivity index (χ0v) is 9.58. The van der Waals surface area contributed by atoms with Crippen molar-refractivity contribution in [3.63, 3.8) is 0 Å². The van der Waals surface area contributed by atoms with Gasteiger partial charge in [0.05, 0.1) is 5.88 Å². The van der Waals surface area contributed by atoms with Crippen LogP contribution in [0, 0.1) is 5.82 Å². The van der Waals surface area contributed by atoms with E-state index in [1.54, 1.807) is 12.1 Å².